The van der Waals surface area contributed by atoms with E-state index >= 15 is 0 Å². The minimum atomic E-state index is -3.76. The van der Waals surface area contributed by atoms with Crippen molar-refractivity contribution < 1.29 is 13.5 Å². The second-order valence-corrected chi connectivity index (χ2v) is 5.55. The van der Waals surface area contributed by atoms with E-state index < -0.39 is 10.0 Å². The van der Waals surface area contributed by atoms with Gasteiger partial charge in [0, 0.05) is 18.7 Å². The third kappa shape index (κ3) is 2.99. The van der Waals surface area contributed by atoms with Gasteiger partial charge < -0.3 is 5.11 Å². The molecule has 0 fully saturated rings. The average molecular weight is 291 g/mol. The number of aryl methyl sites for hydroxylation is 1. The van der Waals surface area contributed by atoms with Crippen molar-refractivity contribution in [3.63, 3.8) is 0 Å². The first kappa shape index (κ1) is 14.1. The van der Waals surface area contributed by atoms with Crippen LogP contribution in [0.15, 0.2) is 41.4 Å². The highest BCUT2D eigenvalue weighted by atomic mass is 32.2. The second kappa shape index (κ2) is 5.77. The van der Waals surface area contributed by atoms with Crippen LogP contribution in [0.25, 0.3) is 0 Å². The summed E-state index contributed by atoms with van der Waals surface area (Å²) in [4.78, 5) is 0.0575. The van der Waals surface area contributed by atoms with Crippen molar-refractivity contribution in [1.82, 2.24) is 9.78 Å². The molecule has 0 saturated carbocycles. The van der Waals surface area contributed by atoms with Crippen LogP contribution in [-0.4, -0.2) is 29.9 Å². The van der Waals surface area contributed by atoms with Crippen LogP contribution in [-0.2, 0) is 17.1 Å². The smallest absolute Gasteiger partial charge is 0.264 e. The van der Waals surface area contributed by atoms with E-state index in [4.69, 9.17) is 5.11 Å². The molecule has 0 radical (unpaired) electrons. The first-order chi connectivity index (χ1) is 9.54. The molecule has 0 saturated heterocycles. The number of nitrogens with one attached hydrogen (secondary N) is 1. The summed E-state index contributed by atoms with van der Waals surface area (Å²) >= 11 is 0. The number of hydrogen-bond donors (Lipinski definition) is 2. The fourth-order valence-electron chi connectivity index (χ4n) is 1.61. The molecule has 6 nitrogen and oxygen atoms in total. The fourth-order valence-corrected chi connectivity index (χ4v) is 2.86. The molecule has 0 unspecified atom stereocenters. The van der Waals surface area contributed by atoms with Crippen LogP contribution in [0.5, 0.6) is 0 Å². The molecule has 1 aromatic carbocycles. The fraction of sp³-hybridized carbons (Fsp3) is 0.154. The van der Waals surface area contributed by atoms with Gasteiger partial charge in [-0.15, -0.1) is 0 Å². The number of hydrogen-bond acceptors (Lipinski definition) is 4. The van der Waals surface area contributed by atoms with Crippen LogP contribution >= 0.6 is 0 Å². The standard InChI is InChI=1S/C13H13N3O3S/c1-16-13(8-9-14-16)15-20(18,19)12-7-3-2-5-11(12)6-4-10-17/h2-3,5,7-9,15,17H,10H2,1H3. The molecule has 20 heavy (non-hydrogen) atoms. The van der Waals surface area contributed by atoms with Crippen molar-refractivity contribution in [2.45, 2.75) is 4.90 Å². The lowest BCUT2D eigenvalue weighted by Gasteiger charge is -2.09. The normalized spacial score (nSPS) is 10.7. The van der Waals surface area contributed by atoms with E-state index in [1.165, 1.54) is 16.9 Å². The van der Waals surface area contributed by atoms with Crippen molar-refractivity contribution in [1.29, 1.82) is 0 Å². The maximum absolute atomic E-state index is 12.4. The zero-order valence-electron chi connectivity index (χ0n) is 10.7. The van der Waals surface area contributed by atoms with Gasteiger partial charge in [-0.25, -0.2) is 8.42 Å². The monoisotopic (exact) mass is 291 g/mol. The van der Waals surface area contributed by atoms with Gasteiger partial charge >= 0.3 is 0 Å². The number of aliphatic hydroxyl groups is 1. The van der Waals surface area contributed by atoms with Crippen molar-refractivity contribution in [3.05, 3.63) is 42.1 Å². The van der Waals surface area contributed by atoms with Gasteiger partial charge in [0.25, 0.3) is 10.0 Å². The Morgan fingerprint density at radius 1 is 1.35 bits per heavy atom. The summed E-state index contributed by atoms with van der Waals surface area (Å²) in [5.74, 6) is 5.42. The number of sulfonamides is 1. The molecular formula is C13H13N3O3S. The summed E-state index contributed by atoms with van der Waals surface area (Å²) in [6, 6.07) is 7.90. The zero-order valence-corrected chi connectivity index (χ0v) is 11.6. The Kier molecular flexibility index (Phi) is 4.08. The Morgan fingerprint density at radius 2 is 2.10 bits per heavy atom. The number of aromatic nitrogens is 2. The van der Waals surface area contributed by atoms with Crippen LogP contribution in [0.3, 0.4) is 0 Å². The van der Waals surface area contributed by atoms with Gasteiger partial charge in [0.15, 0.2) is 0 Å². The predicted molar refractivity (Wildman–Crippen MR) is 74.4 cm³/mol. The number of benzene rings is 1. The topological polar surface area (TPSA) is 84.2 Å². The summed E-state index contributed by atoms with van der Waals surface area (Å²) in [6.07, 6.45) is 1.50. The van der Waals surface area contributed by atoms with Crippen molar-refractivity contribution in [2.24, 2.45) is 7.05 Å². The molecule has 0 amide bonds. The molecule has 2 aromatic rings. The predicted octanol–water partition coefficient (Wildman–Crippen LogP) is 0.565. The van der Waals surface area contributed by atoms with Crippen LogP contribution in [0.4, 0.5) is 5.82 Å². The summed E-state index contributed by atoms with van der Waals surface area (Å²) in [5, 5.41) is 12.6. The molecule has 7 heteroatoms. The minimum Gasteiger partial charge on any atom is -0.384 e. The van der Waals surface area contributed by atoms with Crippen molar-refractivity contribution in [2.75, 3.05) is 11.3 Å². The van der Waals surface area contributed by atoms with Crippen LogP contribution < -0.4 is 4.72 Å². The van der Waals surface area contributed by atoms with E-state index in [0.717, 1.165) is 0 Å². The molecule has 0 spiro atoms. The van der Waals surface area contributed by atoms with E-state index in [1.54, 1.807) is 31.3 Å². The molecule has 2 rings (SSSR count). The maximum atomic E-state index is 12.4. The lowest BCUT2D eigenvalue weighted by atomic mass is 10.2. The maximum Gasteiger partial charge on any atom is 0.264 e. The Hall–Kier alpha value is -2.30. The third-order valence-corrected chi connectivity index (χ3v) is 3.95. The number of anilines is 1. The molecule has 0 aliphatic carbocycles. The molecule has 104 valence electrons. The molecule has 0 bridgehead atoms. The van der Waals surface area contributed by atoms with E-state index in [9.17, 15) is 8.42 Å². The summed E-state index contributed by atoms with van der Waals surface area (Å²) in [5.41, 5.74) is 0.330. The van der Waals surface area contributed by atoms with Crippen molar-refractivity contribution in [3.8, 4) is 11.8 Å². The molecule has 0 aliphatic rings. The second-order valence-electron chi connectivity index (χ2n) is 3.90. The van der Waals surface area contributed by atoms with Gasteiger partial charge in [0.2, 0.25) is 0 Å². The number of rotatable bonds is 3. The largest absolute Gasteiger partial charge is 0.384 e. The Bertz CT molecular complexity index is 769. The zero-order chi connectivity index (χ0) is 14.6. The quantitative estimate of drug-likeness (QED) is 0.810. The van der Waals surface area contributed by atoms with Gasteiger partial charge in [-0.2, -0.15) is 5.10 Å². The highest BCUT2D eigenvalue weighted by Crippen LogP contribution is 2.18. The Morgan fingerprint density at radius 3 is 2.75 bits per heavy atom. The highest BCUT2D eigenvalue weighted by Gasteiger charge is 2.18. The highest BCUT2D eigenvalue weighted by molar-refractivity contribution is 7.92. The summed E-state index contributed by atoms with van der Waals surface area (Å²) in [6.45, 7) is -0.330. The van der Waals surface area contributed by atoms with E-state index in [2.05, 4.69) is 21.7 Å². The molecule has 2 N–H and O–H groups in total. The van der Waals surface area contributed by atoms with Crippen molar-refractivity contribution >= 4 is 15.8 Å². The van der Waals surface area contributed by atoms with E-state index in [0.29, 0.717) is 11.4 Å². The molecule has 1 heterocycles. The summed E-state index contributed by atoms with van der Waals surface area (Å²) in [7, 11) is -2.13. The van der Waals surface area contributed by atoms with Gasteiger partial charge in [0.05, 0.1) is 6.20 Å². The molecular weight excluding hydrogens is 278 g/mol. The van der Waals surface area contributed by atoms with Gasteiger partial charge in [-0.1, -0.05) is 24.0 Å². The Labute approximate surface area is 117 Å². The van der Waals surface area contributed by atoms with E-state index in [1.807, 2.05) is 0 Å². The molecule has 0 atom stereocenters. The molecule has 0 aliphatic heterocycles. The number of aliphatic hydroxyl groups excluding tert-OH is 1. The van der Waals surface area contributed by atoms with E-state index in [-0.39, 0.29) is 11.5 Å². The van der Waals surface area contributed by atoms with Gasteiger partial charge in [-0.3, -0.25) is 9.40 Å². The van der Waals surface area contributed by atoms with Crippen LogP contribution in [0.2, 0.25) is 0 Å². The first-order valence-electron chi connectivity index (χ1n) is 5.74. The van der Waals surface area contributed by atoms with Crippen LogP contribution in [0.1, 0.15) is 5.56 Å². The molecule has 1 aromatic heterocycles. The minimum absolute atomic E-state index is 0.0575. The SMILES string of the molecule is Cn1nccc1NS(=O)(=O)c1ccccc1C#CCO. The average Bonchev–Trinajstić information content (AvgIpc) is 2.81. The lowest BCUT2D eigenvalue weighted by molar-refractivity contribution is 0.350. The third-order valence-electron chi connectivity index (χ3n) is 2.54. The Balaban J connectivity index is 2.42. The van der Waals surface area contributed by atoms with Gasteiger partial charge in [0.1, 0.15) is 17.3 Å². The lowest BCUT2D eigenvalue weighted by Crippen LogP contribution is -2.16. The first-order valence-corrected chi connectivity index (χ1v) is 7.22. The van der Waals surface area contributed by atoms with Crippen LogP contribution in [0, 0.1) is 11.8 Å². The number of nitrogens with zero attached hydrogens (tertiary/aromatic N) is 2. The summed E-state index contributed by atoms with van der Waals surface area (Å²) < 4.78 is 28.6. The van der Waals surface area contributed by atoms with Gasteiger partial charge in [-0.05, 0) is 12.1 Å².